The van der Waals surface area contributed by atoms with Crippen molar-refractivity contribution in [2.24, 2.45) is 0 Å². The van der Waals surface area contributed by atoms with Crippen LogP contribution in [0.4, 0.5) is 14.5 Å². The normalized spacial score (nSPS) is 10.9. The number of amides is 2. The first-order valence-electron chi connectivity index (χ1n) is 9.50. The van der Waals surface area contributed by atoms with Crippen molar-refractivity contribution < 1.29 is 23.1 Å². The van der Waals surface area contributed by atoms with Gasteiger partial charge in [0.05, 0.1) is 13.1 Å². The first-order chi connectivity index (χ1) is 14.1. The van der Waals surface area contributed by atoms with Gasteiger partial charge in [-0.3, -0.25) is 14.5 Å². The summed E-state index contributed by atoms with van der Waals surface area (Å²) in [4.78, 5) is 26.1. The minimum Gasteiger partial charge on any atom is -0.435 e. The maximum atomic E-state index is 12.2. The van der Waals surface area contributed by atoms with Crippen molar-refractivity contribution >= 4 is 17.5 Å². The van der Waals surface area contributed by atoms with Crippen molar-refractivity contribution in [2.75, 3.05) is 25.5 Å². The van der Waals surface area contributed by atoms with Crippen LogP contribution in [-0.2, 0) is 16.1 Å². The number of alkyl halides is 2. The molecule has 2 amide bonds. The maximum absolute atomic E-state index is 12.2. The third kappa shape index (κ3) is 7.44. The summed E-state index contributed by atoms with van der Waals surface area (Å²) in [6, 6.07) is 10.2. The highest BCUT2D eigenvalue weighted by Gasteiger charge is 2.12. The monoisotopic (exact) mass is 419 g/mol. The van der Waals surface area contributed by atoms with Crippen molar-refractivity contribution in [1.29, 1.82) is 0 Å². The number of aryl methyl sites for hydroxylation is 3. The predicted molar refractivity (Wildman–Crippen MR) is 112 cm³/mol. The topological polar surface area (TPSA) is 70.7 Å². The Morgan fingerprint density at radius 2 is 1.63 bits per heavy atom. The molecule has 0 heterocycles. The van der Waals surface area contributed by atoms with Crippen LogP contribution in [0.5, 0.6) is 5.75 Å². The third-order valence-corrected chi connectivity index (χ3v) is 4.40. The minimum atomic E-state index is -2.86. The Morgan fingerprint density at radius 1 is 1.03 bits per heavy atom. The van der Waals surface area contributed by atoms with Crippen LogP contribution in [0.15, 0.2) is 36.4 Å². The van der Waals surface area contributed by atoms with Crippen LogP contribution in [-0.4, -0.2) is 43.5 Å². The van der Waals surface area contributed by atoms with E-state index in [1.165, 1.54) is 12.1 Å². The standard InChI is InChI=1S/C22H27F2N3O3/c1-14-9-15(2)21(16(3)10-14)26-19(28)11-25-20(29)13-27(4)12-17-5-7-18(8-6-17)30-22(23)24/h5-10,22H,11-13H2,1-4H3,(H,25,29)(H,26,28). The van der Waals surface area contributed by atoms with E-state index in [0.29, 0.717) is 6.54 Å². The fourth-order valence-corrected chi connectivity index (χ4v) is 3.18. The van der Waals surface area contributed by atoms with Crippen LogP contribution in [0, 0.1) is 20.8 Å². The summed E-state index contributed by atoms with van der Waals surface area (Å²) in [5.41, 5.74) is 4.66. The largest absolute Gasteiger partial charge is 0.435 e. The molecule has 0 aliphatic carbocycles. The lowest BCUT2D eigenvalue weighted by atomic mass is 10.1. The fraction of sp³-hybridized carbons (Fsp3) is 0.364. The lowest BCUT2D eigenvalue weighted by Crippen LogP contribution is -2.39. The number of carbonyl (C=O) groups is 2. The van der Waals surface area contributed by atoms with Crippen LogP contribution < -0.4 is 15.4 Å². The molecule has 0 spiro atoms. The Hall–Kier alpha value is -3.00. The van der Waals surface area contributed by atoms with Gasteiger partial charge < -0.3 is 15.4 Å². The molecule has 0 saturated heterocycles. The summed E-state index contributed by atoms with van der Waals surface area (Å²) in [6.45, 7) is 3.39. The molecule has 30 heavy (non-hydrogen) atoms. The highest BCUT2D eigenvalue weighted by molar-refractivity contribution is 5.96. The molecule has 2 rings (SSSR count). The number of hydrogen-bond donors (Lipinski definition) is 2. The van der Waals surface area contributed by atoms with Crippen molar-refractivity contribution in [3.8, 4) is 5.75 Å². The van der Waals surface area contributed by atoms with Gasteiger partial charge in [0.2, 0.25) is 11.8 Å². The van der Waals surface area contributed by atoms with Crippen molar-refractivity contribution in [3.63, 3.8) is 0 Å². The van der Waals surface area contributed by atoms with Crippen LogP contribution in [0.1, 0.15) is 22.3 Å². The molecule has 0 aliphatic heterocycles. The summed E-state index contributed by atoms with van der Waals surface area (Å²) in [5.74, 6) is -0.502. The Bertz CT molecular complexity index is 863. The lowest BCUT2D eigenvalue weighted by Gasteiger charge is -2.17. The molecule has 0 radical (unpaired) electrons. The van der Waals surface area contributed by atoms with Crippen LogP contribution in [0.3, 0.4) is 0 Å². The molecule has 0 aliphatic rings. The number of halogens is 2. The molecule has 8 heteroatoms. The molecule has 0 saturated carbocycles. The van der Waals surface area contributed by atoms with Gasteiger partial charge in [-0.2, -0.15) is 8.78 Å². The number of ether oxygens (including phenoxy) is 1. The zero-order valence-electron chi connectivity index (χ0n) is 17.6. The van der Waals surface area contributed by atoms with Crippen LogP contribution in [0.25, 0.3) is 0 Å². The van der Waals surface area contributed by atoms with Gasteiger partial charge in [-0.25, -0.2) is 0 Å². The fourth-order valence-electron chi connectivity index (χ4n) is 3.18. The first-order valence-corrected chi connectivity index (χ1v) is 9.50. The maximum Gasteiger partial charge on any atom is 0.387 e. The van der Waals surface area contributed by atoms with Gasteiger partial charge in [0.1, 0.15) is 5.75 Å². The molecule has 2 aromatic rings. The van der Waals surface area contributed by atoms with E-state index in [9.17, 15) is 18.4 Å². The molecule has 0 unspecified atom stereocenters. The van der Waals surface area contributed by atoms with Crippen molar-refractivity contribution in [2.45, 2.75) is 33.9 Å². The molecule has 0 atom stereocenters. The second-order valence-corrected chi connectivity index (χ2v) is 7.29. The zero-order valence-corrected chi connectivity index (χ0v) is 17.6. The SMILES string of the molecule is Cc1cc(C)c(NC(=O)CNC(=O)CN(C)Cc2ccc(OC(F)F)cc2)c(C)c1. The minimum absolute atomic E-state index is 0.0826. The van der Waals surface area contributed by atoms with E-state index < -0.39 is 6.61 Å². The predicted octanol–water partition coefficient (Wildman–Crippen LogP) is 3.40. The smallest absolute Gasteiger partial charge is 0.387 e. The second-order valence-electron chi connectivity index (χ2n) is 7.29. The lowest BCUT2D eigenvalue weighted by molar-refractivity contribution is -0.124. The average molecular weight is 419 g/mol. The Morgan fingerprint density at radius 3 is 2.20 bits per heavy atom. The summed E-state index contributed by atoms with van der Waals surface area (Å²) in [6.07, 6.45) is 0. The number of benzene rings is 2. The van der Waals surface area contributed by atoms with Gasteiger partial charge in [-0.05, 0) is 56.6 Å². The van der Waals surface area contributed by atoms with Gasteiger partial charge >= 0.3 is 6.61 Å². The van der Waals surface area contributed by atoms with E-state index in [-0.39, 0.29) is 30.7 Å². The molecule has 162 valence electrons. The van der Waals surface area contributed by atoms with E-state index in [1.807, 2.05) is 32.9 Å². The number of rotatable bonds is 9. The average Bonchev–Trinajstić information content (AvgIpc) is 2.64. The molecular formula is C22H27F2N3O3. The quantitative estimate of drug-likeness (QED) is 0.654. The number of likely N-dealkylation sites (N-methyl/N-ethyl adjacent to an activating group) is 1. The van der Waals surface area contributed by atoms with Crippen molar-refractivity contribution in [1.82, 2.24) is 10.2 Å². The number of anilines is 1. The highest BCUT2D eigenvalue weighted by Crippen LogP contribution is 2.21. The highest BCUT2D eigenvalue weighted by atomic mass is 19.3. The zero-order chi connectivity index (χ0) is 22.3. The van der Waals surface area contributed by atoms with Gasteiger partial charge in [-0.15, -0.1) is 0 Å². The van der Waals surface area contributed by atoms with Gasteiger partial charge in [0.15, 0.2) is 0 Å². The third-order valence-electron chi connectivity index (χ3n) is 4.40. The molecule has 0 aromatic heterocycles. The van der Waals surface area contributed by atoms with Crippen molar-refractivity contribution in [3.05, 3.63) is 58.7 Å². The van der Waals surface area contributed by atoms with E-state index >= 15 is 0 Å². The Labute approximate surface area is 175 Å². The molecule has 6 nitrogen and oxygen atoms in total. The number of hydrogen-bond acceptors (Lipinski definition) is 4. The van der Waals surface area contributed by atoms with E-state index in [0.717, 1.165) is 27.9 Å². The van der Waals surface area contributed by atoms with Gasteiger partial charge in [-0.1, -0.05) is 29.8 Å². The molecule has 0 bridgehead atoms. The molecule has 0 fully saturated rings. The van der Waals surface area contributed by atoms with E-state index in [1.54, 1.807) is 24.1 Å². The summed E-state index contributed by atoms with van der Waals surface area (Å²) < 4.78 is 28.7. The van der Waals surface area contributed by atoms with Crippen LogP contribution >= 0.6 is 0 Å². The summed E-state index contributed by atoms with van der Waals surface area (Å²) >= 11 is 0. The molecule has 2 N–H and O–H groups in total. The summed E-state index contributed by atoms with van der Waals surface area (Å²) in [7, 11) is 1.75. The Kier molecular flexibility index (Phi) is 8.29. The van der Waals surface area contributed by atoms with E-state index in [4.69, 9.17) is 0 Å². The summed E-state index contributed by atoms with van der Waals surface area (Å²) in [5, 5.41) is 5.44. The van der Waals surface area contributed by atoms with Gasteiger partial charge in [0, 0.05) is 12.2 Å². The first kappa shape index (κ1) is 23.3. The number of nitrogens with one attached hydrogen (secondary N) is 2. The van der Waals surface area contributed by atoms with Gasteiger partial charge in [0.25, 0.3) is 0 Å². The molecular weight excluding hydrogens is 392 g/mol. The Balaban J connectivity index is 1.78. The van der Waals surface area contributed by atoms with Crippen LogP contribution in [0.2, 0.25) is 0 Å². The molecule has 2 aromatic carbocycles. The number of nitrogens with zero attached hydrogens (tertiary/aromatic N) is 1. The van der Waals surface area contributed by atoms with E-state index in [2.05, 4.69) is 15.4 Å². The number of carbonyl (C=O) groups excluding carboxylic acids is 2. The second kappa shape index (κ2) is 10.7.